The fourth-order valence-electron chi connectivity index (χ4n) is 4.45. The standard InChI is InChI=1S/C28H39FN4O4/c1-36-26(34)14-7-19-33(20-8-17-29)25(32-28(35)37-21-22-9-3-2-4-10-22)13-5-12-24-16-15-23-11-6-18-30-27(23)31-24/h2-4,9-10,15-16,25H,5-8,11-14,17-21H2,1H3,(H,30,31)(H,32,35)/t25-/m0/s1. The molecular weight excluding hydrogens is 475 g/mol. The van der Waals surface area contributed by atoms with Gasteiger partial charge in [0.05, 0.1) is 20.0 Å². The van der Waals surface area contributed by atoms with Crippen LogP contribution in [0.4, 0.5) is 15.0 Å². The second-order valence-corrected chi connectivity index (χ2v) is 9.21. The highest BCUT2D eigenvalue weighted by Crippen LogP contribution is 2.21. The van der Waals surface area contributed by atoms with Crippen molar-refractivity contribution >= 4 is 17.9 Å². The maximum Gasteiger partial charge on any atom is 0.408 e. The molecule has 3 rings (SSSR count). The summed E-state index contributed by atoms with van der Waals surface area (Å²) in [6, 6.07) is 13.7. The molecule has 37 heavy (non-hydrogen) atoms. The highest BCUT2D eigenvalue weighted by molar-refractivity contribution is 5.69. The molecular formula is C28H39FN4O4. The molecule has 1 atom stereocenters. The largest absolute Gasteiger partial charge is 0.469 e. The van der Waals surface area contributed by atoms with Crippen molar-refractivity contribution in [2.45, 2.75) is 64.1 Å². The monoisotopic (exact) mass is 514 g/mol. The zero-order valence-corrected chi connectivity index (χ0v) is 21.7. The molecule has 0 saturated heterocycles. The normalized spacial score (nSPS) is 13.4. The first kappa shape index (κ1) is 28.4. The van der Waals surface area contributed by atoms with Crippen LogP contribution in [0.1, 0.15) is 55.3 Å². The first-order chi connectivity index (χ1) is 18.1. The molecule has 1 aliphatic heterocycles. The number of anilines is 1. The maximum atomic E-state index is 13.1. The summed E-state index contributed by atoms with van der Waals surface area (Å²) in [5.41, 5.74) is 3.15. The van der Waals surface area contributed by atoms with Crippen LogP contribution in [0.5, 0.6) is 0 Å². The highest BCUT2D eigenvalue weighted by atomic mass is 19.1. The van der Waals surface area contributed by atoms with E-state index in [0.29, 0.717) is 32.4 Å². The molecule has 2 heterocycles. The van der Waals surface area contributed by atoms with E-state index in [4.69, 9.17) is 14.5 Å². The van der Waals surface area contributed by atoms with Crippen molar-refractivity contribution < 1.29 is 23.5 Å². The Labute approximate surface area is 218 Å². The average molecular weight is 515 g/mol. The first-order valence-electron chi connectivity index (χ1n) is 13.2. The van der Waals surface area contributed by atoms with Gasteiger partial charge in [-0.2, -0.15) is 0 Å². The van der Waals surface area contributed by atoms with E-state index in [9.17, 15) is 14.0 Å². The predicted octanol–water partition coefficient (Wildman–Crippen LogP) is 4.63. The Morgan fingerprint density at radius 1 is 1.14 bits per heavy atom. The minimum atomic E-state index is -0.525. The Bertz CT molecular complexity index is 976. The lowest BCUT2D eigenvalue weighted by Gasteiger charge is -2.32. The summed E-state index contributed by atoms with van der Waals surface area (Å²) >= 11 is 0. The lowest BCUT2D eigenvalue weighted by molar-refractivity contribution is -0.140. The zero-order chi connectivity index (χ0) is 26.3. The third-order valence-electron chi connectivity index (χ3n) is 6.43. The molecule has 0 fully saturated rings. The molecule has 1 aromatic heterocycles. The van der Waals surface area contributed by atoms with Gasteiger partial charge >= 0.3 is 12.1 Å². The topological polar surface area (TPSA) is 92.8 Å². The Balaban J connectivity index is 1.62. The number of hydrogen-bond acceptors (Lipinski definition) is 7. The molecule has 0 spiro atoms. The van der Waals surface area contributed by atoms with Gasteiger partial charge in [0.25, 0.3) is 0 Å². The van der Waals surface area contributed by atoms with Crippen LogP contribution >= 0.6 is 0 Å². The van der Waals surface area contributed by atoms with Gasteiger partial charge in [-0.05, 0) is 62.1 Å². The van der Waals surface area contributed by atoms with Crippen LogP contribution in [0.25, 0.3) is 0 Å². The Morgan fingerprint density at radius 3 is 2.73 bits per heavy atom. The van der Waals surface area contributed by atoms with Gasteiger partial charge in [-0.3, -0.25) is 14.1 Å². The van der Waals surface area contributed by atoms with Crippen molar-refractivity contribution in [1.82, 2.24) is 15.2 Å². The summed E-state index contributed by atoms with van der Waals surface area (Å²) in [5, 5.41) is 6.35. The molecule has 8 nitrogen and oxygen atoms in total. The number of halogens is 1. The predicted molar refractivity (Wildman–Crippen MR) is 141 cm³/mol. The van der Waals surface area contributed by atoms with Gasteiger partial charge in [-0.1, -0.05) is 36.4 Å². The summed E-state index contributed by atoms with van der Waals surface area (Å²) in [6.07, 6.45) is 4.60. The summed E-state index contributed by atoms with van der Waals surface area (Å²) in [4.78, 5) is 31.1. The third kappa shape index (κ3) is 9.99. The number of hydrogen-bond donors (Lipinski definition) is 2. The fourth-order valence-corrected chi connectivity index (χ4v) is 4.45. The second-order valence-electron chi connectivity index (χ2n) is 9.21. The molecule has 0 aliphatic carbocycles. The zero-order valence-electron chi connectivity index (χ0n) is 21.7. The number of carbonyl (C=O) groups is 2. The number of amides is 1. The average Bonchev–Trinajstić information content (AvgIpc) is 2.93. The maximum absolute atomic E-state index is 13.1. The van der Waals surface area contributed by atoms with Crippen molar-refractivity contribution in [1.29, 1.82) is 0 Å². The number of pyridine rings is 1. The van der Waals surface area contributed by atoms with E-state index in [0.717, 1.165) is 49.3 Å². The number of nitrogens with zero attached hydrogens (tertiary/aromatic N) is 2. The van der Waals surface area contributed by atoms with Gasteiger partial charge in [0.2, 0.25) is 0 Å². The van der Waals surface area contributed by atoms with Crippen LogP contribution in [0, 0.1) is 0 Å². The molecule has 2 N–H and O–H groups in total. The summed E-state index contributed by atoms with van der Waals surface area (Å²) in [7, 11) is 1.36. The Hall–Kier alpha value is -3.20. The van der Waals surface area contributed by atoms with Crippen LogP contribution in [0.15, 0.2) is 42.5 Å². The van der Waals surface area contributed by atoms with Gasteiger partial charge in [0, 0.05) is 31.7 Å². The van der Waals surface area contributed by atoms with Crippen LogP contribution in [0.3, 0.4) is 0 Å². The number of aryl methyl sites for hydroxylation is 2. The number of rotatable bonds is 15. The molecule has 0 unspecified atom stereocenters. The van der Waals surface area contributed by atoms with Crippen molar-refractivity contribution in [2.75, 3.05) is 38.7 Å². The number of fused-ring (bicyclic) bond motifs is 1. The number of methoxy groups -OCH3 is 1. The smallest absolute Gasteiger partial charge is 0.408 e. The van der Waals surface area contributed by atoms with E-state index in [-0.39, 0.29) is 25.2 Å². The van der Waals surface area contributed by atoms with Crippen LogP contribution in [-0.2, 0) is 33.7 Å². The number of carbonyl (C=O) groups excluding carboxylic acids is 2. The lowest BCUT2D eigenvalue weighted by Crippen LogP contribution is -2.49. The molecule has 202 valence electrons. The molecule has 9 heteroatoms. The van der Waals surface area contributed by atoms with E-state index in [1.165, 1.54) is 12.7 Å². The summed E-state index contributed by atoms with van der Waals surface area (Å²) in [6.45, 7) is 1.64. The fraction of sp³-hybridized carbons (Fsp3) is 0.536. The van der Waals surface area contributed by atoms with E-state index < -0.39 is 12.8 Å². The Kier molecular flexibility index (Phi) is 12.1. The number of benzene rings is 1. The Morgan fingerprint density at radius 2 is 1.95 bits per heavy atom. The molecule has 0 bridgehead atoms. The lowest BCUT2D eigenvalue weighted by atomic mass is 10.1. The van der Waals surface area contributed by atoms with Gasteiger partial charge in [0.1, 0.15) is 12.4 Å². The van der Waals surface area contributed by atoms with Gasteiger partial charge in [-0.15, -0.1) is 0 Å². The SMILES string of the molecule is COC(=O)CCCN(CCCF)[C@@H](CCCc1ccc2c(n1)NCCC2)NC(=O)OCc1ccccc1. The first-order valence-corrected chi connectivity index (χ1v) is 13.2. The minimum absolute atomic E-state index is 0.165. The molecule has 0 saturated carbocycles. The number of alkyl halides is 1. The second kappa shape index (κ2) is 15.8. The molecule has 1 amide bonds. The number of ether oxygens (including phenoxy) is 2. The van der Waals surface area contributed by atoms with Gasteiger partial charge < -0.3 is 20.1 Å². The quantitative estimate of drug-likeness (QED) is 0.264. The van der Waals surface area contributed by atoms with Crippen molar-refractivity contribution in [2.24, 2.45) is 0 Å². The van der Waals surface area contributed by atoms with Crippen LogP contribution in [-0.4, -0.2) is 61.5 Å². The van der Waals surface area contributed by atoms with Gasteiger partial charge in [-0.25, -0.2) is 9.78 Å². The van der Waals surface area contributed by atoms with Crippen LogP contribution < -0.4 is 10.6 Å². The molecule has 0 radical (unpaired) electrons. The van der Waals surface area contributed by atoms with E-state index in [1.807, 2.05) is 35.2 Å². The summed E-state index contributed by atoms with van der Waals surface area (Å²) in [5.74, 6) is 0.680. The molecule has 1 aromatic carbocycles. The number of alkyl carbamates (subject to hydrolysis) is 1. The number of nitrogens with one attached hydrogen (secondary N) is 2. The number of esters is 1. The van der Waals surface area contributed by atoms with Crippen molar-refractivity contribution in [3.63, 3.8) is 0 Å². The van der Waals surface area contributed by atoms with Gasteiger partial charge in [0.15, 0.2) is 0 Å². The van der Waals surface area contributed by atoms with Crippen LogP contribution in [0.2, 0.25) is 0 Å². The molecule has 2 aromatic rings. The van der Waals surface area contributed by atoms with E-state index in [2.05, 4.69) is 22.8 Å². The van der Waals surface area contributed by atoms with Crippen molar-refractivity contribution in [3.8, 4) is 0 Å². The third-order valence-corrected chi connectivity index (χ3v) is 6.43. The van der Waals surface area contributed by atoms with E-state index in [1.54, 1.807) is 0 Å². The molecule has 1 aliphatic rings. The highest BCUT2D eigenvalue weighted by Gasteiger charge is 2.22. The summed E-state index contributed by atoms with van der Waals surface area (Å²) < 4.78 is 23.3. The van der Waals surface area contributed by atoms with Crippen molar-refractivity contribution in [3.05, 3.63) is 59.3 Å². The minimum Gasteiger partial charge on any atom is -0.469 e. The number of aromatic nitrogens is 1. The van der Waals surface area contributed by atoms with E-state index >= 15 is 0 Å².